The van der Waals surface area contributed by atoms with Gasteiger partial charge < -0.3 is 16.2 Å². The lowest BCUT2D eigenvalue weighted by atomic mass is 10.1. The first kappa shape index (κ1) is 11.9. The fourth-order valence-corrected chi connectivity index (χ4v) is 1.59. The lowest BCUT2D eigenvalue weighted by Crippen LogP contribution is -2.03. The van der Waals surface area contributed by atoms with E-state index in [1.807, 2.05) is 13.0 Å². The van der Waals surface area contributed by atoms with Gasteiger partial charge in [-0.25, -0.2) is 4.79 Å². The van der Waals surface area contributed by atoms with Gasteiger partial charge in [-0.05, 0) is 36.8 Å². The maximum absolute atomic E-state index is 10.8. The zero-order valence-corrected chi connectivity index (χ0v) is 9.84. The Kier molecular flexibility index (Phi) is 3.14. The second-order valence-electron chi connectivity index (χ2n) is 3.92. The van der Waals surface area contributed by atoms with E-state index in [0.717, 1.165) is 16.9 Å². The van der Waals surface area contributed by atoms with Gasteiger partial charge in [0.25, 0.3) is 0 Å². The van der Waals surface area contributed by atoms with Crippen molar-refractivity contribution in [2.75, 3.05) is 11.1 Å². The molecular weight excluding hydrogens is 230 g/mol. The van der Waals surface area contributed by atoms with E-state index in [1.165, 1.54) is 6.07 Å². The van der Waals surface area contributed by atoms with E-state index in [2.05, 4.69) is 10.3 Å². The number of benzene rings is 1. The summed E-state index contributed by atoms with van der Waals surface area (Å²) in [6.45, 7) is 1.96. The number of nitrogens with one attached hydrogen (secondary N) is 1. The number of rotatable bonds is 3. The predicted octanol–water partition coefficient (Wildman–Crippen LogP) is 2.41. The van der Waals surface area contributed by atoms with Crippen molar-refractivity contribution < 1.29 is 9.90 Å². The normalized spacial score (nSPS) is 10.1. The lowest BCUT2D eigenvalue weighted by molar-refractivity contribution is 0.0698. The summed E-state index contributed by atoms with van der Waals surface area (Å²) in [6.07, 6.45) is 3.42. The molecule has 0 aliphatic carbocycles. The van der Waals surface area contributed by atoms with Crippen molar-refractivity contribution in [3.8, 4) is 0 Å². The SMILES string of the molecule is Cc1ccncc1Nc1ccc(C(=O)O)c(N)c1. The summed E-state index contributed by atoms with van der Waals surface area (Å²) >= 11 is 0. The van der Waals surface area contributed by atoms with E-state index in [4.69, 9.17) is 10.8 Å². The topological polar surface area (TPSA) is 88.2 Å². The molecule has 1 heterocycles. The number of hydrogen-bond donors (Lipinski definition) is 3. The number of carboxylic acid groups (broad SMARTS) is 1. The Morgan fingerprint density at radius 1 is 1.39 bits per heavy atom. The Bertz CT molecular complexity index is 597. The first-order valence-corrected chi connectivity index (χ1v) is 5.38. The van der Waals surface area contributed by atoms with E-state index < -0.39 is 5.97 Å². The zero-order valence-electron chi connectivity index (χ0n) is 9.84. The van der Waals surface area contributed by atoms with Crippen LogP contribution in [0.4, 0.5) is 17.1 Å². The molecular formula is C13H13N3O2. The van der Waals surface area contributed by atoms with E-state index in [9.17, 15) is 4.79 Å². The molecule has 2 rings (SSSR count). The van der Waals surface area contributed by atoms with Crippen molar-refractivity contribution in [3.63, 3.8) is 0 Å². The highest BCUT2D eigenvalue weighted by molar-refractivity contribution is 5.94. The van der Waals surface area contributed by atoms with Crippen LogP contribution in [0, 0.1) is 6.92 Å². The van der Waals surface area contributed by atoms with Gasteiger partial charge >= 0.3 is 5.97 Å². The summed E-state index contributed by atoms with van der Waals surface area (Å²) in [5.41, 5.74) is 8.65. The third-order valence-electron chi connectivity index (χ3n) is 2.60. The number of aromatic nitrogens is 1. The van der Waals surface area contributed by atoms with Crippen LogP contribution in [0.2, 0.25) is 0 Å². The Hall–Kier alpha value is -2.56. The van der Waals surface area contributed by atoms with Gasteiger partial charge in [0.2, 0.25) is 0 Å². The van der Waals surface area contributed by atoms with Gasteiger partial charge in [-0.15, -0.1) is 0 Å². The molecule has 0 bridgehead atoms. The number of carboxylic acids is 1. The Labute approximate surface area is 104 Å². The maximum atomic E-state index is 10.8. The molecule has 0 saturated carbocycles. The summed E-state index contributed by atoms with van der Waals surface area (Å²) < 4.78 is 0. The highest BCUT2D eigenvalue weighted by Gasteiger charge is 2.08. The van der Waals surface area contributed by atoms with Crippen LogP contribution < -0.4 is 11.1 Å². The minimum absolute atomic E-state index is 0.100. The Balaban J connectivity index is 2.29. The van der Waals surface area contributed by atoms with Crippen molar-refractivity contribution in [1.82, 2.24) is 4.98 Å². The standard InChI is InChI=1S/C13H13N3O2/c1-8-4-5-15-7-12(8)16-9-2-3-10(13(17)18)11(14)6-9/h2-7,16H,14H2,1H3,(H,17,18). The first-order valence-electron chi connectivity index (χ1n) is 5.38. The predicted molar refractivity (Wildman–Crippen MR) is 70.1 cm³/mol. The third kappa shape index (κ3) is 2.40. The van der Waals surface area contributed by atoms with Crippen molar-refractivity contribution in [2.24, 2.45) is 0 Å². The van der Waals surface area contributed by atoms with Gasteiger partial charge in [-0.3, -0.25) is 4.98 Å². The van der Waals surface area contributed by atoms with Crippen LogP contribution >= 0.6 is 0 Å². The highest BCUT2D eigenvalue weighted by atomic mass is 16.4. The molecule has 1 aromatic heterocycles. The number of aromatic carboxylic acids is 1. The summed E-state index contributed by atoms with van der Waals surface area (Å²) in [7, 11) is 0. The number of anilines is 3. The van der Waals surface area contributed by atoms with Crippen LogP contribution in [-0.2, 0) is 0 Å². The molecule has 0 unspecified atom stereocenters. The molecule has 0 aliphatic rings. The van der Waals surface area contributed by atoms with Crippen LogP contribution in [0.25, 0.3) is 0 Å². The Morgan fingerprint density at radius 3 is 2.78 bits per heavy atom. The fourth-order valence-electron chi connectivity index (χ4n) is 1.59. The molecule has 0 saturated heterocycles. The van der Waals surface area contributed by atoms with Crippen LogP contribution in [0.15, 0.2) is 36.7 Å². The summed E-state index contributed by atoms with van der Waals surface area (Å²) in [5.74, 6) is -1.03. The van der Waals surface area contributed by atoms with Gasteiger partial charge in [0, 0.05) is 17.6 Å². The molecule has 0 radical (unpaired) electrons. The molecule has 92 valence electrons. The molecule has 5 heteroatoms. The van der Waals surface area contributed by atoms with Gasteiger partial charge in [-0.2, -0.15) is 0 Å². The lowest BCUT2D eigenvalue weighted by Gasteiger charge is -2.10. The average Bonchev–Trinajstić information content (AvgIpc) is 2.32. The number of nitrogens with two attached hydrogens (primary N) is 1. The zero-order chi connectivity index (χ0) is 13.1. The Morgan fingerprint density at radius 2 is 2.17 bits per heavy atom. The van der Waals surface area contributed by atoms with Crippen LogP contribution in [0.5, 0.6) is 0 Å². The minimum atomic E-state index is -1.03. The number of hydrogen-bond acceptors (Lipinski definition) is 4. The summed E-state index contributed by atoms with van der Waals surface area (Å²) in [5, 5.41) is 12.0. The molecule has 18 heavy (non-hydrogen) atoms. The first-order chi connectivity index (χ1) is 8.58. The number of carbonyl (C=O) groups is 1. The van der Waals surface area contributed by atoms with Crippen LogP contribution in [0.3, 0.4) is 0 Å². The number of nitrogens with zero attached hydrogens (tertiary/aromatic N) is 1. The largest absolute Gasteiger partial charge is 0.478 e. The van der Waals surface area contributed by atoms with E-state index in [-0.39, 0.29) is 11.3 Å². The molecule has 2 aromatic rings. The van der Waals surface area contributed by atoms with E-state index >= 15 is 0 Å². The molecule has 5 nitrogen and oxygen atoms in total. The molecule has 1 aromatic carbocycles. The molecule has 0 aliphatic heterocycles. The maximum Gasteiger partial charge on any atom is 0.337 e. The molecule has 4 N–H and O–H groups in total. The third-order valence-corrected chi connectivity index (χ3v) is 2.60. The second kappa shape index (κ2) is 4.75. The molecule has 0 atom stereocenters. The van der Waals surface area contributed by atoms with Crippen LogP contribution in [0.1, 0.15) is 15.9 Å². The van der Waals surface area contributed by atoms with Gasteiger partial charge in [-0.1, -0.05) is 0 Å². The van der Waals surface area contributed by atoms with Gasteiger partial charge in [0.1, 0.15) is 0 Å². The summed E-state index contributed by atoms with van der Waals surface area (Å²) in [6, 6.07) is 6.63. The highest BCUT2D eigenvalue weighted by Crippen LogP contribution is 2.23. The average molecular weight is 243 g/mol. The fraction of sp³-hybridized carbons (Fsp3) is 0.0769. The van der Waals surface area contributed by atoms with Crippen molar-refractivity contribution in [1.29, 1.82) is 0 Å². The van der Waals surface area contributed by atoms with E-state index in [1.54, 1.807) is 24.5 Å². The smallest absolute Gasteiger partial charge is 0.337 e. The number of nitrogen functional groups attached to an aromatic ring is 1. The van der Waals surface area contributed by atoms with Crippen molar-refractivity contribution in [3.05, 3.63) is 47.8 Å². The van der Waals surface area contributed by atoms with Crippen LogP contribution in [-0.4, -0.2) is 16.1 Å². The summed E-state index contributed by atoms with van der Waals surface area (Å²) in [4.78, 5) is 14.9. The number of pyridine rings is 1. The van der Waals surface area contributed by atoms with Gasteiger partial charge in [0.15, 0.2) is 0 Å². The number of aryl methyl sites for hydroxylation is 1. The van der Waals surface area contributed by atoms with E-state index in [0.29, 0.717) is 0 Å². The monoisotopic (exact) mass is 243 g/mol. The minimum Gasteiger partial charge on any atom is -0.478 e. The van der Waals surface area contributed by atoms with Crippen molar-refractivity contribution in [2.45, 2.75) is 6.92 Å². The second-order valence-corrected chi connectivity index (χ2v) is 3.92. The molecule has 0 fully saturated rings. The molecule has 0 amide bonds. The van der Waals surface area contributed by atoms with Crippen molar-refractivity contribution >= 4 is 23.0 Å². The van der Waals surface area contributed by atoms with Gasteiger partial charge in [0.05, 0.1) is 17.4 Å². The molecule has 0 spiro atoms. The quantitative estimate of drug-likeness (QED) is 0.720.